The summed E-state index contributed by atoms with van der Waals surface area (Å²) in [5.74, 6) is -0.195. The van der Waals surface area contributed by atoms with Gasteiger partial charge in [0.15, 0.2) is 0 Å². The highest BCUT2D eigenvalue weighted by molar-refractivity contribution is 7.94. The van der Waals surface area contributed by atoms with Crippen molar-refractivity contribution < 1.29 is 8.68 Å². The molecule has 18 heavy (non-hydrogen) atoms. The van der Waals surface area contributed by atoms with Crippen LogP contribution in [0.2, 0.25) is 0 Å². The minimum absolute atomic E-state index is 0.0370. The van der Waals surface area contributed by atoms with Crippen molar-refractivity contribution in [2.75, 3.05) is 26.2 Å². The van der Waals surface area contributed by atoms with Crippen LogP contribution in [-0.4, -0.2) is 42.0 Å². The molecule has 0 aromatic carbocycles. The SMILES string of the molecule is CCN(CC)CCNC(=O)c1ccnc(SF)c1. The molecule has 0 fully saturated rings. The Morgan fingerprint density at radius 1 is 1.50 bits per heavy atom. The molecule has 1 amide bonds. The Hall–Kier alpha value is -1.14. The van der Waals surface area contributed by atoms with Crippen molar-refractivity contribution in [3.8, 4) is 0 Å². The second kappa shape index (κ2) is 8.05. The molecule has 0 aliphatic rings. The fourth-order valence-electron chi connectivity index (χ4n) is 1.56. The Balaban J connectivity index is 2.45. The van der Waals surface area contributed by atoms with Gasteiger partial charge in [0.1, 0.15) is 17.2 Å². The highest BCUT2D eigenvalue weighted by atomic mass is 32.2. The Labute approximate surface area is 111 Å². The van der Waals surface area contributed by atoms with E-state index in [0.29, 0.717) is 12.1 Å². The highest BCUT2D eigenvalue weighted by Gasteiger charge is 2.07. The molecule has 0 aliphatic heterocycles. The normalized spacial score (nSPS) is 10.7. The lowest BCUT2D eigenvalue weighted by Crippen LogP contribution is -2.34. The van der Waals surface area contributed by atoms with Gasteiger partial charge in [-0.1, -0.05) is 13.8 Å². The first-order valence-corrected chi connectivity index (χ1v) is 6.68. The average molecular weight is 271 g/mol. The van der Waals surface area contributed by atoms with Crippen LogP contribution >= 0.6 is 12.1 Å². The van der Waals surface area contributed by atoms with Crippen LogP contribution in [0.15, 0.2) is 23.4 Å². The Morgan fingerprint density at radius 3 is 2.83 bits per heavy atom. The number of pyridine rings is 1. The summed E-state index contributed by atoms with van der Waals surface area (Å²) in [5, 5.41) is 3.01. The molecule has 0 aliphatic carbocycles. The number of likely N-dealkylation sites (N-methyl/N-ethyl adjacent to an activating group) is 1. The molecule has 0 atom stereocenters. The molecule has 1 rings (SSSR count). The van der Waals surface area contributed by atoms with E-state index in [1.54, 1.807) is 6.07 Å². The molecule has 0 spiro atoms. The maximum Gasteiger partial charge on any atom is 0.251 e. The van der Waals surface area contributed by atoms with Crippen molar-refractivity contribution in [2.45, 2.75) is 18.9 Å². The maximum atomic E-state index is 12.3. The van der Waals surface area contributed by atoms with Gasteiger partial charge < -0.3 is 10.2 Å². The van der Waals surface area contributed by atoms with E-state index in [-0.39, 0.29) is 23.1 Å². The van der Waals surface area contributed by atoms with Gasteiger partial charge >= 0.3 is 0 Å². The monoisotopic (exact) mass is 271 g/mol. The summed E-state index contributed by atoms with van der Waals surface area (Å²) in [6.45, 7) is 7.49. The van der Waals surface area contributed by atoms with E-state index in [2.05, 4.69) is 29.0 Å². The first-order chi connectivity index (χ1) is 8.71. The highest BCUT2D eigenvalue weighted by Crippen LogP contribution is 2.16. The number of nitrogens with zero attached hydrogens (tertiary/aromatic N) is 2. The minimum atomic E-state index is -0.195. The molecule has 0 bridgehead atoms. The quantitative estimate of drug-likeness (QED) is 0.825. The molecule has 0 saturated carbocycles. The Bertz CT molecular complexity index is 385. The number of amides is 1. The van der Waals surface area contributed by atoms with Gasteiger partial charge in [-0.2, -0.15) is 3.89 Å². The van der Waals surface area contributed by atoms with E-state index in [4.69, 9.17) is 0 Å². The van der Waals surface area contributed by atoms with Crippen molar-refractivity contribution >= 4 is 18.1 Å². The zero-order chi connectivity index (χ0) is 13.4. The Kier molecular flexibility index (Phi) is 6.67. The molecular formula is C12H18FN3OS. The molecule has 0 radical (unpaired) electrons. The number of carbonyl (C=O) groups excluding carboxylic acids is 1. The molecule has 4 nitrogen and oxygen atoms in total. The third-order valence-corrected chi connectivity index (χ3v) is 3.07. The summed E-state index contributed by atoms with van der Waals surface area (Å²) < 4.78 is 12.3. The van der Waals surface area contributed by atoms with E-state index in [1.165, 1.54) is 12.3 Å². The molecule has 1 heterocycles. The molecule has 1 aromatic heterocycles. The van der Waals surface area contributed by atoms with Crippen molar-refractivity contribution in [3.63, 3.8) is 0 Å². The first kappa shape index (κ1) is 14.9. The maximum absolute atomic E-state index is 12.3. The third kappa shape index (κ3) is 4.62. The lowest BCUT2D eigenvalue weighted by Gasteiger charge is -2.17. The van der Waals surface area contributed by atoms with Gasteiger partial charge in [0.25, 0.3) is 5.91 Å². The fourth-order valence-corrected chi connectivity index (χ4v) is 1.83. The summed E-state index contributed by atoms with van der Waals surface area (Å²) in [5.41, 5.74) is 0.435. The lowest BCUT2D eigenvalue weighted by atomic mass is 10.2. The van der Waals surface area contributed by atoms with Crippen LogP contribution in [0.5, 0.6) is 0 Å². The molecular weight excluding hydrogens is 253 g/mol. The van der Waals surface area contributed by atoms with Crippen LogP contribution in [-0.2, 0) is 0 Å². The topological polar surface area (TPSA) is 45.2 Å². The van der Waals surface area contributed by atoms with Crippen LogP contribution in [0.3, 0.4) is 0 Å². The lowest BCUT2D eigenvalue weighted by molar-refractivity contribution is 0.0948. The van der Waals surface area contributed by atoms with Crippen LogP contribution < -0.4 is 5.32 Å². The van der Waals surface area contributed by atoms with Gasteiger partial charge in [0.05, 0.1) is 0 Å². The minimum Gasteiger partial charge on any atom is -0.351 e. The summed E-state index contributed by atoms with van der Waals surface area (Å²) in [6, 6.07) is 3.02. The zero-order valence-electron chi connectivity index (χ0n) is 10.6. The predicted molar refractivity (Wildman–Crippen MR) is 71.3 cm³/mol. The van der Waals surface area contributed by atoms with E-state index in [1.807, 2.05) is 0 Å². The van der Waals surface area contributed by atoms with Crippen LogP contribution in [0.25, 0.3) is 0 Å². The number of halogens is 1. The molecule has 100 valence electrons. The summed E-state index contributed by atoms with van der Waals surface area (Å²) >= 11 is 0.0370. The third-order valence-electron chi connectivity index (χ3n) is 2.68. The number of hydrogen-bond donors (Lipinski definition) is 1. The van der Waals surface area contributed by atoms with Crippen molar-refractivity contribution in [1.82, 2.24) is 15.2 Å². The average Bonchev–Trinajstić information content (AvgIpc) is 2.43. The van der Waals surface area contributed by atoms with E-state index in [9.17, 15) is 8.68 Å². The van der Waals surface area contributed by atoms with Gasteiger partial charge in [-0.15, -0.1) is 0 Å². The number of hydrogen-bond acceptors (Lipinski definition) is 4. The summed E-state index contributed by atoms with van der Waals surface area (Å²) in [6.07, 6.45) is 1.43. The summed E-state index contributed by atoms with van der Waals surface area (Å²) in [4.78, 5) is 17.8. The Morgan fingerprint density at radius 2 is 2.22 bits per heavy atom. The fraction of sp³-hybridized carbons (Fsp3) is 0.500. The molecule has 1 aromatic rings. The van der Waals surface area contributed by atoms with Gasteiger partial charge in [0.2, 0.25) is 0 Å². The van der Waals surface area contributed by atoms with E-state index >= 15 is 0 Å². The first-order valence-electron chi connectivity index (χ1n) is 5.96. The van der Waals surface area contributed by atoms with Gasteiger partial charge in [-0.05, 0) is 25.2 Å². The number of carbonyl (C=O) groups is 1. The summed E-state index contributed by atoms with van der Waals surface area (Å²) in [7, 11) is 0. The zero-order valence-corrected chi connectivity index (χ0v) is 11.5. The van der Waals surface area contributed by atoms with Crippen molar-refractivity contribution in [2.24, 2.45) is 0 Å². The largest absolute Gasteiger partial charge is 0.351 e. The smallest absolute Gasteiger partial charge is 0.251 e. The molecule has 1 N–H and O–H groups in total. The standard InChI is InChI=1S/C12H18FN3OS/c1-3-16(4-2)8-7-15-12(17)10-5-6-14-11(9-10)18-13/h5-6,9H,3-4,7-8H2,1-2H3,(H,15,17). The van der Waals surface area contributed by atoms with E-state index < -0.39 is 0 Å². The number of nitrogens with one attached hydrogen (secondary N) is 1. The van der Waals surface area contributed by atoms with Gasteiger partial charge in [0, 0.05) is 24.8 Å². The van der Waals surface area contributed by atoms with Crippen molar-refractivity contribution in [3.05, 3.63) is 23.9 Å². The van der Waals surface area contributed by atoms with Gasteiger partial charge in [-0.3, -0.25) is 4.79 Å². The molecule has 0 unspecified atom stereocenters. The second-order valence-corrected chi connectivity index (χ2v) is 4.32. The van der Waals surface area contributed by atoms with Crippen LogP contribution in [0, 0.1) is 0 Å². The second-order valence-electron chi connectivity index (χ2n) is 3.74. The van der Waals surface area contributed by atoms with Crippen LogP contribution in [0.1, 0.15) is 24.2 Å². The van der Waals surface area contributed by atoms with E-state index in [0.717, 1.165) is 19.6 Å². The molecule has 6 heteroatoms. The molecule has 0 saturated heterocycles. The number of rotatable bonds is 7. The van der Waals surface area contributed by atoms with Crippen LogP contribution in [0.4, 0.5) is 3.89 Å². The number of aromatic nitrogens is 1. The van der Waals surface area contributed by atoms with Crippen molar-refractivity contribution in [1.29, 1.82) is 0 Å². The van der Waals surface area contributed by atoms with Gasteiger partial charge in [-0.25, -0.2) is 4.98 Å². The predicted octanol–water partition coefficient (Wildman–Crippen LogP) is 2.13.